The summed E-state index contributed by atoms with van der Waals surface area (Å²) in [5, 5.41) is 3.90. The highest BCUT2D eigenvalue weighted by atomic mass is 16.5. The maximum Gasteiger partial charge on any atom is 0.267 e. The Hall–Kier alpha value is -2.70. The van der Waals surface area contributed by atoms with Crippen LogP contribution in [0.1, 0.15) is 12.1 Å². The summed E-state index contributed by atoms with van der Waals surface area (Å²) in [6.07, 6.45) is 2.17. The molecule has 2 aromatic heterocycles. The number of hydrogen-bond acceptors (Lipinski definition) is 5. The van der Waals surface area contributed by atoms with Crippen molar-refractivity contribution in [2.24, 2.45) is 0 Å². The van der Waals surface area contributed by atoms with Gasteiger partial charge >= 0.3 is 0 Å². The molecular weight excluding hydrogens is 296 g/mol. The van der Waals surface area contributed by atoms with Crippen LogP contribution in [-0.2, 0) is 11.3 Å². The fraction of sp³-hybridized carbons (Fsp3) is 0.375. The monoisotopic (exact) mass is 314 g/mol. The summed E-state index contributed by atoms with van der Waals surface area (Å²) >= 11 is 0. The summed E-state index contributed by atoms with van der Waals surface area (Å²) in [6.45, 7) is 2.96. The number of carbonyl (C=O) groups excluding carboxylic acids is 1. The summed E-state index contributed by atoms with van der Waals surface area (Å²) in [4.78, 5) is 29.9. The van der Waals surface area contributed by atoms with Crippen LogP contribution in [0.15, 0.2) is 41.3 Å². The summed E-state index contributed by atoms with van der Waals surface area (Å²) < 4.78 is 6.99. The van der Waals surface area contributed by atoms with E-state index >= 15 is 0 Å². The second-order valence-electron chi connectivity index (χ2n) is 5.51. The fourth-order valence-corrected chi connectivity index (χ4v) is 2.54. The summed E-state index contributed by atoms with van der Waals surface area (Å²) in [7, 11) is 0. The van der Waals surface area contributed by atoms with Crippen molar-refractivity contribution in [1.29, 1.82) is 0 Å². The van der Waals surface area contributed by atoms with Gasteiger partial charge in [-0.05, 0) is 19.1 Å². The van der Waals surface area contributed by atoms with Crippen molar-refractivity contribution in [1.82, 2.24) is 19.7 Å². The topological polar surface area (TPSA) is 77.3 Å². The van der Waals surface area contributed by atoms with E-state index in [1.807, 2.05) is 25.1 Å². The number of rotatable bonds is 4. The van der Waals surface area contributed by atoms with Gasteiger partial charge in [0, 0.05) is 37.0 Å². The molecule has 1 atom stereocenters. The lowest BCUT2D eigenvalue weighted by Gasteiger charge is -2.17. The third kappa shape index (κ3) is 3.74. The molecule has 2 aromatic rings. The SMILES string of the molecule is Cc1cccc(OC2CCN(C(=O)Cn3ncccc3=O)C2)n1. The van der Waals surface area contributed by atoms with Gasteiger partial charge in [0.1, 0.15) is 12.6 Å². The highest BCUT2D eigenvalue weighted by molar-refractivity contribution is 5.76. The van der Waals surface area contributed by atoms with Gasteiger partial charge in [-0.15, -0.1) is 0 Å². The van der Waals surface area contributed by atoms with E-state index in [4.69, 9.17) is 4.74 Å². The normalized spacial score (nSPS) is 17.3. The minimum atomic E-state index is -0.281. The van der Waals surface area contributed by atoms with E-state index < -0.39 is 0 Å². The molecule has 1 fully saturated rings. The smallest absolute Gasteiger partial charge is 0.267 e. The van der Waals surface area contributed by atoms with Crippen LogP contribution in [0.2, 0.25) is 0 Å². The summed E-state index contributed by atoms with van der Waals surface area (Å²) in [5.74, 6) is 0.444. The Morgan fingerprint density at radius 3 is 3.00 bits per heavy atom. The third-order valence-electron chi connectivity index (χ3n) is 3.72. The minimum Gasteiger partial charge on any atom is -0.472 e. The van der Waals surface area contributed by atoms with E-state index in [0.717, 1.165) is 12.1 Å². The molecule has 1 aliphatic heterocycles. The maximum absolute atomic E-state index is 12.3. The molecule has 1 aliphatic rings. The Morgan fingerprint density at radius 2 is 2.22 bits per heavy atom. The largest absolute Gasteiger partial charge is 0.472 e. The molecule has 0 saturated carbocycles. The molecule has 0 aromatic carbocycles. The van der Waals surface area contributed by atoms with Crippen LogP contribution >= 0.6 is 0 Å². The van der Waals surface area contributed by atoms with Crippen LogP contribution < -0.4 is 10.3 Å². The Morgan fingerprint density at radius 1 is 1.35 bits per heavy atom. The first-order valence-corrected chi connectivity index (χ1v) is 7.52. The van der Waals surface area contributed by atoms with Crippen molar-refractivity contribution in [3.05, 3.63) is 52.6 Å². The average Bonchev–Trinajstić information content (AvgIpc) is 2.98. The number of nitrogens with zero attached hydrogens (tertiary/aromatic N) is 4. The molecule has 23 heavy (non-hydrogen) atoms. The Bertz CT molecular complexity index is 759. The van der Waals surface area contributed by atoms with Gasteiger partial charge in [-0.25, -0.2) is 9.67 Å². The number of amides is 1. The van der Waals surface area contributed by atoms with Crippen LogP contribution in [-0.4, -0.2) is 44.8 Å². The maximum atomic E-state index is 12.3. The van der Waals surface area contributed by atoms with Gasteiger partial charge in [-0.2, -0.15) is 5.10 Å². The first kappa shape index (κ1) is 15.2. The lowest BCUT2D eigenvalue weighted by atomic mass is 10.3. The molecule has 1 amide bonds. The standard InChI is InChI=1S/C16H18N4O3/c1-12-4-2-5-14(18-12)23-13-7-9-19(10-13)16(22)11-20-15(21)6-3-8-17-20/h2-6,8,13H,7,9-11H2,1H3. The van der Waals surface area contributed by atoms with Gasteiger partial charge in [0.05, 0.1) is 6.54 Å². The number of aromatic nitrogens is 3. The first-order chi connectivity index (χ1) is 11.1. The van der Waals surface area contributed by atoms with E-state index in [9.17, 15) is 9.59 Å². The number of ether oxygens (including phenoxy) is 1. The number of pyridine rings is 1. The van der Waals surface area contributed by atoms with E-state index in [-0.39, 0.29) is 24.1 Å². The van der Waals surface area contributed by atoms with Crippen molar-refractivity contribution < 1.29 is 9.53 Å². The van der Waals surface area contributed by atoms with E-state index in [2.05, 4.69) is 10.1 Å². The Kier molecular flexibility index (Phi) is 4.36. The number of hydrogen-bond donors (Lipinski definition) is 0. The molecule has 0 aliphatic carbocycles. The zero-order chi connectivity index (χ0) is 16.2. The number of carbonyl (C=O) groups is 1. The van der Waals surface area contributed by atoms with Crippen molar-refractivity contribution in [2.45, 2.75) is 26.0 Å². The lowest BCUT2D eigenvalue weighted by Crippen LogP contribution is -2.36. The van der Waals surface area contributed by atoms with Crippen molar-refractivity contribution >= 4 is 5.91 Å². The van der Waals surface area contributed by atoms with Crippen molar-refractivity contribution in [2.75, 3.05) is 13.1 Å². The molecule has 0 bridgehead atoms. The predicted molar refractivity (Wildman–Crippen MR) is 83.1 cm³/mol. The molecule has 7 heteroatoms. The van der Waals surface area contributed by atoms with Gasteiger partial charge < -0.3 is 9.64 Å². The fourth-order valence-electron chi connectivity index (χ4n) is 2.54. The molecule has 0 N–H and O–H groups in total. The van der Waals surface area contributed by atoms with Gasteiger partial charge in [0.15, 0.2) is 0 Å². The van der Waals surface area contributed by atoms with Crippen LogP contribution in [0.25, 0.3) is 0 Å². The third-order valence-corrected chi connectivity index (χ3v) is 3.72. The molecular formula is C16H18N4O3. The zero-order valence-electron chi connectivity index (χ0n) is 12.9. The summed E-state index contributed by atoms with van der Waals surface area (Å²) in [5.41, 5.74) is 0.611. The molecule has 0 radical (unpaired) electrons. The van der Waals surface area contributed by atoms with Crippen LogP contribution in [0.5, 0.6) is 5.88 Å². The highest BCUT2D eigenvalue weighted by Crippen LogP contribution is 2.17. The molecule has 3 heterocycles. The first-order valence-electron chi connectivity index (χ1n) is 7.52. The minimum absolute atomic E-state index is 0.0465. The van der Waals surface area contributed by atoms with Crippen LogP contribution in [0, 0.1) is 6.92 Å². The van der Waals surface area contributed by atoms with Gasteiger partial charge in [0.2, 0.25) is 11.8 Å². The van der Waals surface area contributed by atoms with E-state index in [1.54, 1.807) is 11.0 Å². The average molecular weight is 314 g/mol. The molecule has 1 saturated heterocycles. The van der Waals surface area contributed by atoms with E-state index in [1.165, 1.54) is 16.9 Å². The zero-order valence-corrected chi connectivity index (χ0v) is 12.9. The molecule has 120 valence electrons. The predicted octanol–water partition coefficient (Wildman–Crippen LogP) is 0.627. The molecule has 3 rings (SSSR count). The second kappa shape index (κ2) is 6.60. The highest BCUT2D eigenvalue weighted by Gasteiger charge is 2.28. The van der Waals surface area contributed by atoms with Crippen LogP contribution in [0.4, 0.5) is 0 Å². The van der Waals surface area contributed by atoms with Gasteiger partial charge in [-0.1, -0.05) is 6.07 Å². The van der Waals surface area contributed by atoms with Gasteiger partial charge in [-0.3, -0.25) is 9.59 Å². The van der Waals surface area contributed by atoms with Crippen molar-refractivity contribution in [3.63, 3.8) is 0 Å². The number of aryl methyl sites for hydroxylation is 1. The quantitative estimate of drug-likeness (QED) is 0.827. The number of likely N-dealkylation sites (tertiary alicyclic amines) is 1. The van der Waals surface area contributed by atoms with Crippen LogP contribution in [0.3, 0.4) is 0 Å². The second-order valence-corrected chi connectivity index (χ2v) is 5.51. The molecule has 1 unspecified atom stereocenters. The lowest BCUT2D eigenvalue weighted by molar-refractivity contribution is -0.131. The van der Waals surface area contributed by atoms with Crippen molar-refractivity contribution in [3.8, 4) is 5.88 Å². The Balaban J connectivity index is 1.58. The molecule has 7 nitrogen and oxygen atoms in total. The Labute approximate surface area is 133 Å². The van der Waals surface area contributed by atoms with Gasteiger partial charge in [0.25, 0.3) is 5.56 Å². The summed E-state index contributed by atoms with van der Waals surface area (Å²) in [6, 6.07) is 8.55. The van der Waals surface area contributed by atoms with E-state index in [0.29, 0.717) is 19.0 Å². The molecule has 0 spiro atoms.